The standard InChI is InChI=1S/C15H18N4O2/c1-11-10-16-7-9-18(11)12-2-4-13(5-3-12)19-8-6-14(20)17-15(19)21/h2-6,8,11,16H,7,9-10H2,1H3,(H,17,20,21)/t11-/m0/s1. The van der Waals surface area contributed by atoms with Gasteiger partial charge in [0, 0.05) is 43.6 Å². The molecule has 2 N–H and O–H groups in total. The van der Waals surface area contributed by atoms with Crippen LogP contribution in [0.1, 0.15) is 6.92 Å². The molecule has 3 rings (SSSR count). The average molecular weight is 286 g/mol. The van der Waals surface area contributed by atoms with Crippen molar-refractivity contribution in [3.05, 3.63) is 57.4 Å². The predicted molar refractivity (Wildman–Crippen MR) is 82.3 cm³/mol. The first-order chi connectivity index (χ1) is 10.1. The molecule has 2 aromatic rings. The number of nitrogens with zero attached hydrogens (tertiary/aromatic N) is 2. The lowest BCUT2D eigenvalue weighted by Gasteiger charge is -2.36. The fourth-order valence-corrected chi connectivity index (χ4v) is 2.65. The smallest absolute Gasteiger partial charge is 0.332 e. The molecule has 0 bridgehead atoms. The van der Waals surface area contributed by atoms with Crippen LogP contribution in [-0.4, -0.2) is 35.2 Å². The Morgan fingerprint density at radius 2 is 1.81 bits per heavy atom. The van der Waals surface area contributed by atoms with Crippen molar-refractivity contribution in [2.45, 2.75) is 13.0 Å². The third-order valence-corrected chi connectivity index (χ3v) is 3.78. The molecule has 0 radical (unpaired) electrons. The fourth-order valence-electron chi connectivity index (χ4n) is 2.65. The number of nitrogens with one attached hydrogen (secondary N) is 2. The van der Waals surface area contributed by atoms with Crippen LogP contribution in [0.15, 0.2) is 46.1 Å². The lowest BCUT2D eigenvalue weighted by atomic mass is 10.1. The van der Waals surface area contributed by atoms with Gasteiger partial charge in [0.15, 0.2) is 0 Å². The molecule has 1 aromatic heterocycles. The van der Waals surface area contributed by atoms with Crippen LogP contribution in [0.4, 0.5) is 5.69 Å². The molecule has 1 saturated heterocycles. The number of aromatic amines is 1. The summed E-state index contributed by atoms with van der Waals surface area (Å²) < 4.78 is 1.42. The highest BCUT2D eigenvalue weighted by Crippen LogP contribution is 2.19. The zero-order valence-corrected chi connectivity index (χ0v) is 11.9. The second-order valence-electron chi connectivity index (χ2n) is 5.24. The van der Waals surface area contributed by atoms with Crippen molar-refractivity contribution in [2.75, 3.05) is 24.5 Å². The van der Waals surface area contributed by atoms with Crippen LogP contribution in [0.3, 0.4) is 0 Å². The zero-order valence-electron chi connectivity index (χ0n) is 11.9. The van der Waals surface area contributed by atoms with E-state index in [9.17, 15) is 9.59 Å². The van der Waals surface area contributed by atoms with Gasteiger partial charge in [0.05, 0.1) is 5.69 Å². The molecule has 1 aromatic carbocycles. The van der Waals surface area contributed by atoms with Gasteiger partial charge >= 0.3 is 5.69 Å². The molecular weight excluding hydrogens is 268 g/mol. The first-order valence-corrected chi connectivity index (χ1v) is 7.05. The third-order valence-electron chi connectivity index (χ3n) is 3.78. The number of rotatable bonds is 2. The van der Waals surface area contributed by atoms with E-state index in [-0.39, 0.29) is 5.56 Å². The number of hydrogen-bond donors (Lipinski definition) is 2. The van der Waals surface area contributed by atoms with Gasteiger partial charge in [0.25, 0.3) is 5.56 Å². The number of benzene rings is 1. The SMILES string of the molecule is C[C@H]1CNCCN1c1ccc(-n2ccc(=O)[nH]c2=O)cc1. The minimum Gasteiger partial charge on any atom is -0.366 e. The maximum atomic E-state index is 11.8. The van der Waals surface area contributed by atoms with Crippen LogP contribution < -0.4 is 21.5 Å². The van der Waals surface area contributed by atoms with Crippen molar-refractivity contribution in [3.63, 3.8) is 0 Å². The van der Waals surface area contributed by atoms with Crippen LogP contribution in [0.2, 0.25) is 0 Å². The maximum absolute atomic E-state index is 11.8. The number of aromatic nitrogens is 2. The van der Waals surface area contributed by atoms with Gasteiger partial charge in [-0.05, 0) is 31.2 Å². The molecule has 0 unspecified atom stereocenters. The predicted octanol–water partition coefficient (Wildman–Crippen LogP) is 0.324. The first kappa shape index (κ1) is 13.6. The van der Waals surface area contributed by atoms with Gasteiger partial charge in [-0.3, -0.25) is 14.3 Å². The summed E-state index contributed by atoms with van der Waals surface area (Å²) in [5.41, 5.74) is 1.07. The van der Waals surface area contributed by atoms with Crippen LogP contribution >= 0.6 is 0 Å². The van der Waals surface area contributed by atoms with E-state index in [1.54, 1.807) is 0 Å². The van der Waals surface area contributed by atoms with E-state index in [4.69, 9.17) is 0 Å². The lowest BCUT2D eigenvalue weighted by Crippen LogP contribution is -2.49. The maximum Gasteiger partial charge on any atom is 0.332 e. The minimum absolute atomic E-state index is 0.387. The molecule has 0 saturated carbocycles. The normalized spacial score (nSPS) is 18.7. The van der Waals surface area contributed by atoms with E-state index in [1.807, 2.05) is 24.3 Å². The van der Waals surface area contributed by atoms with Crippen LogP contribution in [-0.2, 0) is 0 Å². The van der Waals surface area contributed by atoms with Crippen molar-refractivity contribution < 1.29 is 0 Å². The minimum atomic E-state index is -0.425. The Labute approximate surface area is 122 Å². The number of piperazine rings is 1. The molecule has 0 spiro atoms. The first-order valence-electron chi connectivity index (χ1n) is 7.05. The van der Waals surface area contributed by atoms with E-state index < -0.39 is 5.69 Å². The Hall–Kier alpha value is -2.34. The Bertz CT molecular complexity index is 732. The molecule has 1 aliphatic rings. The topological polar surface area (TPSA) is 70.1 Å². The van der Waals surface area contributed by atoms with E-state index in [1.165, 1.54) is 16.8 Å². The summed E-state index contributed by atoms with van der Waals surface area (Å²) >= 11 is 0. The van der Waals surface area contributed by atoms with Crippen LogP contribution in [0, 0.1) is 0 Å². The van der Waals surface area contributed by atoms with Gasteiger partial charge in [-0.15, -0.1) is 0 Å². The summed E-state index contributed by atoms with van der Waals surface area (Å²) in [5, 5.41) is 3.36. The molecular formula is C15H18N4O2. The summed E-state index contributed by atoms with van der Waals surface area (Å²) in [6.07, 6.45) is 1.49. The molecule has 1 aliphatic heterocycles. The van der Waals surface area contributed by atoms with Crippen molar-refractivity contribution in [1.29, 1.82) is 0 Å². The summed E-state index contributed by atoms with van der Waals surface area (Å²) in [6, 6.07) is 9.59. The number of anilines is 1. The van der Waals surface area contributed by atoms with E-state index in [0.29, 0.717) is 6.04 Å². The third kappa shape index (κ3) is 2.75. The molecule has 110 valence electrons. The Morgan fingerprint density at radius 3 is 2.48 bits per heavy atom. The van der Waals surface area contributed by atoms with Gasteiger partial charge in [-0.1, -0.05) is 0 Å². The van der Waals surface area contributed by atoms with E-state index in [2.05, 4.69) is 22.1 Å². The molecule has 1 atom stereocenters. The van der Waals surface area contributed by atoms with Gasteiger partial charge in [-0.25, -0.2) is 4.79 Å². The van der Waals surface area contributed by atoms with Crippen LogP contribution in [0.25, 0.3) is 5.69 Å². The summed E-state index contributed by atoms with van der Waals surface area (Å²) in [6.45, 7) is 5.11. The largest absolute Gasteiger partial charge is 0.366 e. The van der Waals surface area contributed by atoms with Crippen molar-refractivity contribution >= 4 is 5.69 Å². The highest BCUT2D eigenvalue weighted by atomic mass is 16.2. The summed E-state index contributed by atoms with van der Waals surface area (Å²) in [4.78, 5) is 27.5. The summed E-state index contributed by atoms with van der Waals surface area (Å²) in [5.74, 6) is 0. The van der Waals surface area contributed by atoms with Crippen molar-refractivity contribution in [2.24, 2.45) is 0 Å². The molecule has 0 amide bonds. The highest BCUT2D eigenvalue weighted by Gasteiger charge is 2.17. The van der Waals surface area contributed by atoms with Crippen molar-refractivity contribution in [1.82, 2.24) is 14.9 Å². The number of H-pyrrole nitrogens is 1. The zero-order chi connectivity index (χ0) is 14.8. The molecule has 0 aliphatic carbocycles. The highest BCUT2D eigenvalue weighted by molar-refractivity contribution is 5.52. The van der Waals surface area contributed by atoms with Gasteiger partial charge in [0.1, 0.15) is 0 Å². The Balaban J connectivity index is 1.90. The number of hydrogen-bond acceptors (Lipinski definition) is 4. The molecule has 21 heavy (non-hydrogen) atoms. The second kappa shape index (κ2) is 5.57. The molecule has 2 heterocycles. The molecule has 6 heteroatoms. The Kier molecular flexibility index (Phi) is 3.62. The van der Waals surface area contributed by atoms with Gasteiger partial charge in [0.2, 0.25) is 0 Å². The summed E-state index contributed by atoms with van der Waals surface area (Å²) in [7, 11) is 0. The van der Waals surface area contributed by atoms with E-state index >= 15 is 0 Å². The molecule has 1 fully saturated rings. The lowest BCUT2D eigenvalue weighted by molar-refractivity contribution is 0.501. The van der Waals surface area contributed by atoms with Crippen LogP contribution in [0.5, 0.6) is 0 Å². The fraction of sp³-hybridized carbons (Fsp3) is 0.333. The van der Waals surface area contributed by atoms with Gasteiger partial charge < -0.3 is 10.2 Å². The quantitative estimate of drug-likeness (QED) is 0.834. The van der Waals surface area contributed by atoms with E-state index in [0.717, 1.165) is 31.0 Å². The second-order valence-corrected chi connectivity index (χ2v) is 5.24. The van der Waals surface area contributed by atoms with Gasteiger partial charge in [-0.2, -0.15) is 0 Å². The monoisotopic (exact) mass is 286 g/mol. The van der Waals surface area contributed by atoms with Crippen molar-refractivity contribution in [3.8, 4) is 5.69 Å². The Morgan fingerprint density at radius 1 is 1.10 bits per heavy atom. The molecule has 6 nitrogen and oxygen atoms in total. The average Bonchev–Trinajstić information content (AvgIpc) is 2.48.